The van der Waals surface area contributed by atoms with E-state index in [0.717, 1.165) is 0 Å². The van der Waals surface area contributed by atoms with Crippen LogP contribution in [-0.2, 0) is 41.5 Å². The molecule has 0 spiro atoms. The summed E-state index contributed by atoms with van der Waals surface area (Å²) in [6.45, 7) is 0. The summed E-state index contributed by atoms with van der Waals surface area (Å²) in [5, 5.41) is 0. The first-order chi connectivity index (χ1) is 2.00. The third-order valence-electron chi connectivity index (χ3n) is 0. The molecule has 0 aliphatic heterocycles. The molecule has 0 bridgehead atoms. The smallest absolute Gasteiger partial charge is 2.00 e. The van der Waals surface area contributed by atoms with E-state index in [4.69, 9.17) is 8.42 Å². The first kappa shape index (κ1) is 57.4. The van der Waals surface area contributed by atoms with Crippen molar-refractivity contribution in [2.75, 3.05) is 0 Å². The van der Waals surface area contributed by atoms with Crippen molar-refractivity contribution in [3.05, 3.63) is 0 Å². The average Bonchev–Trinajstić information content (AvgIpc) is 1.50. The van der Waals surface area contributed by atoms with Crippen LogP contribution >= 0.6 is 0 Å². The van der Waals surface area contributed by atoms with Crippen LogP contribution in [0.4, 0.5) is 0 Å². The molecule has 0 fully saturated rings. The van der Waals surface area contributed by atoms with Crippen molar-refractivity contribution in [1.82, 2.24) is 0 Å². The first-order valence-electron chi connectivity index (χ1n) is 0.333. The molecule has 0 saturated heterocycles. The quantitative estimate of drug-likeness (QED) is 0.471. The number of rotatable bonds is 0. The Balaban J connectivity index is -0.00000000114. The molecule has 0 rings (SSSR count). The van der Waals surface area contributed by atoms with Crippen molar-refractivity contribution >= 4 is 25.1 Å². The summed E-state index contributed by atoms with van der Waals surface area (Å²) >= 11 is 5.67. The van der Waals surface area contributed by atoms with Crippen LogP contribution in [0.2, 0.25) is 0 Å². The van der Waals surface area contributed by atoms with E-state index in [1.54, 1.807) is 0 Å². The van der Waals surface area contributed by atoms with Gasteiger partial charge in [-0.05, 0) is 0 Å². The summed E-state index contributed by atoms with van der Waals surface area (Å²) in [5.74, 6) is 0. The van der Waals surface area contributed by atoms with Crippen LogP contribution in [0.3, 0.4) is 0 Å². The molecular weight excluding hydrogens is 448 g/mol. The molecule has 5 nitrogen and oxygen atoms in total. The van der Waals surface area contributed by atoms with Gasteiger partial charge in [-0.3, -0.25) is 0 Å². The molecule has 56 valence electrons. The SMILES string of the molecule is O=S.O=S.[Eu+3].[Eu+3].[O-2].[O-2].[O-2]. The van der Waals surface area contributed by atoms with E-state index in [2.05, 4.69) is 25.1 Å². The second kappa shape index (κ2) is 118. The second-order valence-electron chi connectivity index (χ2n) is 0. The minimum atomic E-state index is 0. The van der Waals surface area contributed by atoms with E-state index in [-0.39, 0.29) is 115 Å². The monoisotopic (exact) mass is 450 g/mol. The van der Waals surface area contributed by atoms with Crippen LogP contribution < -0.4 is 0 Å². The molecule has 0 heterocycles. The number of hydrogen-bond donors (Lipinski definition) is 0. The maximum absolute atomic E-state index is 7.83. The molecule has 0 aliphatic carbocycles. The Labute approximate surface area is 145 Å². The van der Waals surface area contributed by atoms with Gasteiger partial charge in [0.25, 0.3) is 0 Å². The molecule has 0 radical (unpaired) electrons. The first-order valence-corrected chi connectivity index (χ1v) is 1.00. The van der Waals surface area contributed by atoms with E-state index < -0.39 is 0 Å². The normalized spacial score (nSPS) is 0.889. The Hall–Kier alpha value is 3.09. The molecule has 0 unspecified atom stereocenters. The van der Waals surface area contributed by atoms with Crippen LogP contribution in [0.1, 0.15) is 0 Å². The van der Waals surface area contributed by atoms with Crippen LogP contribution in [0, 0.1) is 98.8 Å². The Morgan fingerprint density at radius 2 is 0.556 bits per heavy atom. The fourth-order valence-electron chi connectivity index (χ4n) is 0. The molecule has 0 aromatic rings. The van der Waals surface area contributed by atoms with Crippen molar-refractivity contribution in [2.24, 2.45) is 0 Å². The maximum Gasteiger partial charge on any atom is 3.00 e. The summed E-state index contributed by atoms with van der Waals surface area (Å²) in [4.78, 5) is 0. The van der Waals surface area contributed by atoms with E-state index in [1.807, 2.05) is 0 Å². The Morgan fingerprint density at radius 1 is 0.556 bits per heavy atom. The summed E-state index contributed by atoms with van der Waals surface area (Å²) in [6, 6.07) is 0. The predicted molar refractivity (Wildman–Crippen MR) is 18.3 cm³/mol. The fourth-order valence-corrected chi connectivity index (χ4v) is 0. The zero-order chi connectivity index (χ0) is 4.00. The molecule has 9 heteroatoms. The van der Waals surface area contributed by atoms with E-state index in [1.165, 1.54) is 0 Å². The van der Waals surface area contributed by atoms with Crippen molar-refractivity contribution < 1.29 is 124 Å². The molecule has 0 N–H and O–H groups in total. The van der Waals surface area contributed by atoms with Gasteiger partial charge in [0.2, 0.25) is 0 Å². The molecular formula is Eu2O5S2. The molecule has 0 aliphatic rings. The van der Waals surface area contributed by atoms with Crippen molar-refractivity contribution in [3.8, 4) is 0 Å². The second-order valence-corrected chi connectivity index (χ2v) is 0. The Bertz CT molecular complexity index is 14.9. The van der Waals surface area contributed by atoms with Crippen molar-refractivity contribution in [3.63, 3.8) is 0 Å². The summed E-state index contributed by atoms with van der Waals surface area (Å²) in [5.41, 5.74) is 0. The minimum Gasteiger partial charge on any atom is -2.00 e. The van der Waals surface area contributed by atoms with Crippen LogP contribution in [0.25, 0.3) is 0 Å². The van der Waals surface area contributed by atoms with Gasteiger partial charge in [-0.25, -0.2) is 0 Å². The third kappa shape index (κ3) is 96.0. The standard InChI is InChI=1S/2Eu.2OS.3O/c;;2*1-2;;;/q2*+3;;;3*-2. The van der Waals surface area contributed by atoms with Gasteiger partial charge in [0.05, 0.1) is 0 Å². The van der Waals surface area contributed by atoms with Crippen molar-refractivity contribution in [1.29, 1.82) is 0 Å². The maximum atomic E-state index is 7.83. The van der Waals surface area contributed by atoms with Gasteiger partial charge >= 0.3 is 98.8 Å². The van der Waals surface area contributed by atoms with E-state index >= 15 is 0 Å². The van der Waals surface area contributed by atoms with Crippen LogP contribution in [0.15, 0.2) is 0 Å². The van der Waals surface area contributed by atoms with Gasteiger partial charge in [0.15, 0.2) is 25.1 Å². The van der Waals surface area contributed by atoms with Gasteiger partial charge in [-0.15, -0.1) is 0 Å². The molecule has 0 amide bonds. The van der Waals surface area contributed by atoms with Gasteiger partial charge in [0.1, 0.15) is 0 Å². The average molecular weight is 448 g/mol. The van der Waals surface area contributed by atoms with E-state index in [9.17, 15) is 0 Å². The third-order valence-corrected chi connectivity index (χ3v) is 0. The Morgan fingerprint density at radius 3 is 0.556 bits per heavy atom. The van der Waals surface area contributed by atoms with Crippen molar-refractivity contribution in [2.45, 2.75) is 0 Å². The van der Waals surface area contributed by atoms with Gasteiger partial charge in [0, 0.05) is 0 Å². The minimum absolute atomic E-state index is 0. The molecule has 9 heavy (non-hydrogen) atoms. The van der Waals surface area contributed by atoms with Crippen LogP contribution in [-0.4, -0.2) is 8.42 Å². The predicted octanol–water partition coefficient (Wildman–Crippen LogP) is -1.03. The largest absolute Gasteiger partial charge is 3.00 e. The zero-order valence-electron chi connectivity index (χ0n) is 3.61. The van der Waals surface area contributed by atoms with Gasteiger partial charge in [-0.2, -0.15) is 8.42 Å². The fraction of sp³-hybridized carbons (Fsp3) is 0. The summed E-state index contributed by atoms with van der Waals surface area (Å²) in [7, 11) is 0. The topological polar surface area (TPSA) is 120 Å². The Kier molecular flexibility index (Phi) is 754. The molecule has 0 aromatic heterocycles. The molecule has 0 saturated carbocycles. The summed E-state index contributed by atoms with van der Waals surface area (Å²) in [6.07, 6.45) is 0. The van der Waals surface area contributed by atoms with Crippen LogP contribution in [0.5, 0.6) is 0 Å². The molecule has 0 atom stereocenters. The van der Waals surface area contributed by atoms with Gasteiger partial charge < -0.3 is 16.4 Å². The summed E-state index contributed by atoms with van der Waals surface area (Å²) < 4.78 is 15.7. The van der Waals surface area contributed by atoms with Gasteiger partial charge in [-0.1, -0.05) is 0 Å². The number of hydrogen-bond acceptors (Lipinski definition) is 4. The molecule has 0 aromatic carbocycles. The van der Waals surface area contributed by atoms with E-state index in [0.29, 0.717) is 0 Å². The zero-order valence-corrected chi connectivity index (χ0v) is 10.1.